The number of primary sulfonamides is 1. The average molecular weight is 277 g/mol. The molecule has 0 spiro atoms. The molecule has 5 N–H and O–H groups in total. The summed E-state index contributed by atoms with van der Waals surface area (Å²) in [5.74, 6) is 0.457. The van der Waals surface area contributed by atoms with Crippen LogP contribution < -0.4 is 16.2 Å². The van der Waals surface area contributed by atoms with E-state index in [9.17, 15) is 12.6 Å². The molecule has 8 heteroatoms. The second kappa shape index (κ2) is 5.48. The molecule has 0 aliphatic carbocycles. The molecule has 0 aliphatic heterocycles. The Bertz CT molecular complexity index is 528. The number of nitrogens with one attached hydrogen (secondary N) is 1. The number of nitrogen functional groups attached to an aromatic ring is 1. The topological polar surface area (TPSA) is 115 Å². The highest BCUT2D eigenvalue weighted by Gasteiger charge is 2.10. The van der Waals surface area contributed by atoms with Gasteiger partial charge in [0.25, 0.3) is 0 Å². The van der Waals surface area contributed by atoms with Gasteiger partial charge in [-0.05, 0) is 18.2 Å². The fourth-order valence-electron chi connectivity index (χ4n) is 1.19. The molecular weight excluding hydrogens is 262 g/mol. The lowest BCUT2D eigenvalue weighted by atomic mass is 10.2. The minimum absolute atomic E-state index is 0.00757. The minimum Gasteiger partial charge on any atom is -0.397 e. The SMILES string of the molecule is CS(=O)CCNc1cc(S(N)(=O)=O)ccc1N. The molecule has 0 heterocycles. The van der Waals surface area contributed by atoms with Gasteiger partial charge in [0, 0.05) is 29.4 Å². The molecule has 1 aromatic carbocycles. The predicted molar refractivity (Wildman–Crippen MR) is 69.7 cm³/mol. The normalized spacial score (nSPS) is 13.3. The summed E-state index contributed by atoms with van der Waals surface area (Å²) in [4.78, 5) is -0.00757. The Morgan fingerprint density at radius 3 is 2.59 bits per heavy atom. The smallest absolute Gasteiger partial charge is 0.238 e. The molecule has 0 aliphatic rings. The molecule has 0 saturated carbocycles. The summed E-state index contributed by atoms with van der Waals surface area (Å²) in [6.07, 6.45) is 1.59. The van der Waals surface area contributed by atoms with Crippen LogP contribution in [0, 0.1) is 0 Å². The highest BCUT2D eigenvalue weighted by molar-refractivity contribution is 7.89. The van der Waals surface area contributed by atoms with Crippen molar-refractivity contribution < 1.29 is 12.6 Å². The molecule has 6 nitrogen and oxygen atoms in total. The highest BCUT2D eigenvalue weighted by Crippen LogP contribution is 2.21. The molecule has 17 heavy (non-hydrogen) atoms. The number of sulfonamides is 1. The van der Waals surface area contributed by atoms with Crippen molar-refractivity contribution in [3.05, 3.63) is 18.2 Å². The van der Waals surface area contributed by atoms with E-state index in [4.69, 9.17) is 10.9 Å². The lowest BCUT2D eigenvalue weighted by molar-refractivity contribution is 0.598. The number of rotatable bonds is 5. The first-order valence-corrected chi connectivity index (χ1v) is 8.04. The molecule has 0 saturated heterocycles. The van der Waals surface area contributed by atoms with Crippen LogP contribution in [0.4, 0.5) is 11.4 Å². The van der Waals surface area contributed by atoms with Gasteiger partial charge in [0.05, 0.1) is 16.3 Å². The largest absolute Gasteiger partial charge is 0.397 e. The fourth-order valence-corrected chi connectivity index (χ4v) is 2.12. The summed E-state index contributed by atoms with van der Waals surface area (Å²) in [6.45, 7) is 0.446. The maximum atomic E-state index is 11.1. The first kappa shape index (κ1) is 13.9. The lowest BCUT2D eigenvalue weighted by Crippen LogP contribution is -2.14. The first-order valence-electron chi connectivity index (χ1n) is 4.77. The van der Waals surface area contributed by atoms with E-state index in [1.54, 1.807) is 6.26 Å². The van der Waals surface area contributed by atoms with E-state index in [-0.39, 0.29) is 4.90 Å². The van der Waals surface area contributed by atoms with Gasteiger partial charge in [-0.25, -0.2) is 13.6 Å². The number of hydrogen-bond acceptors (Lipinski definition) is 5. The van der Waals surface area contributed by atoms with E-state index in [0.29, 0.717) is 23.7 Å². The Morgan fingerprint density at radius 2 is 2.06 bits per heavy atom. The zero-order valence-electron chi connectivity index (χ0n) is 9.34. The van der Waals surface area contributed by atoms with Crippen molar-refractivity contribution in [3.63, 3.8) is 0 Å². The standard InChI is InChI=1S/C9H15N3O3S2/c1-16(13)5-4-12-9-6-7(17(11,14)15)2-3-8(9)10/h2-3,6,12H,4-5,10H2,1H3,(H2,11,14,15). The minimum atomic E-state index is -3.74. The quantitative estimate of drug-likeness (QED) is 0.639. The van der Waals surface area contributed by atoms with Crippen LogP contribution in [0.25, 0.3) is 0 Å². The summed E-state index contributed by atoms with van der Waals surface area (Å²) in [5.41, 5.74) is 6.57. The van der Waals surface area contributed by atoms with Gasteiger partial charge in [-0.1, -0.05) is 0 Å². The van der Waals surface area contributed by atoms with Crippen LogP contribution in [0.15, 0.2) is 23.1 Å². The summed E-state index contributed by atoms with van der Waals surface area (Å²) < 4.78 is 33.1. The highest BCUT2D eigenvalue weighted by atomic mass is 32.2. The van der Waals surface area contributed by atoms with Crippen molar-refractivity contribution in [2.45, 2.75) is 4.90 Å². The zero-order valence-corrected chi connectivity index (χ0v) is 11.0. The monoisotopic (exact) mass is 277 g/mol. The zero-order chi connectivity index (χ0) is 13.1. The Hall–Kier alpha value is -1.12. The fraction of sp³-hybridized carbons (Fsp3) is 0.333. The van der Waals surface area contributed by atoms with Crippen molar-refractivity contribution in [1.82, 2.24) is 0 Å². The van der Waals surface area contributed by atoms with E-state index >= 15 is 0 Å². The molecule has 0 bridgehead atoms. The summed E-state index contributed by atoms with van der Waals surface area (Å²) in [6, 6.07) is 4.17. The second-order valence-corrected chi connectivity index (χ2v) is 6.61. The van der Waals surface area contributed by atoms with Crippen molar-refractivity contribution >= 4 is 32.2 Å². The summed E-state index contributed by atoms with van der Waals surface area (Å²) >= 11 is 0. The Kier molecular flexibility index (Phi) is 4.49. The Balaban J connectivity index is 2.88. The number of hydrogen-bond donors (Lipinski definition) is 3. The van der Waals surface area contributed by atoms with Crippen LogP contribution in [0.2, 0.25) is 0 Å². The van der Waals surface area contributed by atoms with Crippen LogP contribution in [-0.4, -0.2) is 31.2 Å². The van der Waals surface area contributed by atoms with Crippen LogP contribution in [0.5, 0.6) is 0 Å². The first-order chi connectivity index (χ1) is 7.80. The van der Waals surface area contributed by atoms with E-state index in [0.717, 1.165) is 0 Å². The molecule has 1 atom stereocenters. The van der Waals surface area contributed by atoms with E-state index < -0.39 is 20.8 Å². The third-order valence-corrected chi connectivity index (χ3v) is 3.75. The molecule has 0 radical (unpaired) electrons. The van der Waals surface area contributed by atoms with Gasteiger partial charge >= 0.3 is 0 Å². The van der Waals surface area contributed by atoms with Crippen molar-refractivity contribution in [1.29, 1.82) is 0 Å². The van der Waals surface area contributed by atoms with Crippen molar-refractivity contribution in [2.24, 2.45) is 5.14 Å². The van der Waals surface area contributed by atoms with Gasteiger partial charge in [0.1, 0.15) is 0 Å². The number of nitrogens with two attached hydrogens (primary N) is 2. The summed E-state index contributed by atoms with van der Waals surface area (Å²) in [5, 5.41) is 7.93. The average Bonchev–Trinajstić information content (AvgIpc) is 2.18. The number of anilines is 2. The molecule has 1 rings (SSSR count). The molecule has 1 unspecified atom stereocenters. The van der Waals surface area contributed by atoms with Gasteiger partial charge < -0.3 is 11.1 Å². The molecule has 96 valence electrons. The van der Waals surface area contributed by atoms with Gasteiger partial charge in [0.15, 0.2) is 0 Å². The maximum absolute atomic E-state index is 11.1. The summed E-state index contributed by atoms with van der Waals surface area (Å²) in [7, 11) is -4.65. The van der Waals surface area contributed by atoms with E-state index in [1.807, 2.05) is 0 Å². The van der Waals surface area contributed by atoms with Crippen molar-refractivity contribution in [2.75, 3.05) is 29.6 Å². The second-order valence-electron chi connectivity index (χ2n) is 3.50. The van der Waals surface area contributed by atoms with E-state index in [1.165, 1.54) is 18.2 Å². The van der Waals surface area contributed by atoms with E-state index in [2.05, 4.69) is 5.32 Å². The predicted octanol–water partition coefficient (Wildman–Crippen LogP) is -0.293. The van der Waals surface area contributed by atoms with Crippen LogP contribution in [0.3, 0.4) is 0 Å². The molecule has 0 aromatic heterocycles. The molecule has 0 fully saturated rings. The van der Waals surface area contributed by atoms with Gasteiger partial charge in [-0.15, -0.1) is 0 Å². The molecular formula is C9H15N3O3S2. The molecule has 0 amide bonds. The van der Waals surface area contributed by atoms with Crippen LogP contribution >= 0.6 is 0 Å². The maximum Gasteiger partial charge on any atom is 0.238 e. The van der Waals surface area contributed by atoms with Crippen LogP contribution in [-0.2, 0) is 20.8 Å². The third-order valence-electron chi connectivity index (χ3n) is 2.06. The number of benzene rings is 1. The molecule has 1 aromatic rings. The van der Waals surface area contributed by atoms with Crippen molar-refractivity contribution in [3.8, 4) is 0 Å². The van der Waals surface area contributed by atoms with Gasteiger partial charge in [-0.2, -0.15) is 0 Å². The van der Waals surface area contributed by atoms with Gasteiger partial charge in [-0.3, -0.25) is 4.21 Å². The Morgan fingerprint density at radius 1 is 1.41 bits per heavy atom. The van der Waals surface area contributed by atoms with Crippen LogP contribution in [0.1, 0.15) is 0 Å². The lowest BCUT2D eigenvalue weighted by Gasteiger charge is -2.09. The third kappa shape index (κ3) is 4.33. The van der Waals surface area contributed by atoms with Gasteiger partial charge in [0.2, 0.25) is 10.0 Å². The Labute approximate surface area is 103 Å².